The number of hydrogen-bond donors (Lipinski definition) is 1. The standard InChI is InChI=1S/C9H9NS/c1-6-3-2-4-7-8(6)5-10-9(7)11/h2-4H,5H2,1H3,(H,10,11). The van der Waals surface area contributed by atoms with Crippen molar-refractivity contribution in [3.63, 3.8) is 0 Å². The van der Waals surface area contributed by atoms with Crippen LogP contribution in [0.5, 0.6) is 0 Å². The molecule has 1 aromatic rings. The third kappa shape index (κ3) is 0.979. The highest BCUT2D eigenvalue weighted by Crippen LogP contribution is 2.23. The Morgan fingerprint density at radius 3 is 3.00 bits per heavy atom. The topological polar surface area (TPSA) is 12.4 Å². The monoisotopic (exact) mass is 163 g/mol. The first-order valence-electron chi connectivity index (χ1n) is 3.61. The zero-order valence-corrected chi connectivity index (χ0v) is 7.23. The number of thiol groups is 1. The molecule has 1 aliphatic rings. The third-order valence-electron chi connectivity index (χ3n) is 2.04. The summed E-state index contributed by atoms with van der Waals surface area (Å²) in [5, 5.41) is 0.878. The molecule has 11 heavy (non-hydrogen) atoms. The van der Waals surface area contributed by atoms with Crippen LogP contribution in [0, 0.1) is 6.92 Å². The summed E-state index contributed by atoms with van der Waals surface area (Å²) < 4.78 is 0. The van der Waals surface area contributed by atoms with Gasteiger partial charge in [-0.1, -0.05) is 18.2 Å². The second-order valence-electron chi connectivity index (χ2n) is 2.74. The number of fused-ring (bicyclic) bond motifs is 1. The molecule has 0 spiro atoms. The predicted octanol–water partition coefficient (Wildman–Crippen LogP) is 2.19. The molecule has 0 N–H and O–H groups in total. The Morgan fingerprint density at radius 2 is 2.27 bits per heavy atom. The first-order chi connectivity index (χ1) is 5.29. The van der Waals surface area contributed by atoms with Crippen LogP contribution < -0.4 is 0 Å². The number of benzene rings is 1. The fourth-order valence-electron chi connectivity index (χ4n) is 1.36. The highest BCUT2D eigenvalue weighted by molar-refractivity contribution is 7.97. The Labute approximate surface area is 71.6 Å². The molecule has 0 saturated heterocycles. The van der Waals surface area contributed by atoms with Crippen LogP contribution in [0.3, 0.4) is 0 Å². The van der Waals surface area contributed by atoms with E-state index in [4.69, 9.17) is 0 Å². The average molecular weight is 163 g/mol. The van der Waals surface area contributed by atoms with Gasteiger partial charge < -0.3 is 0 Å². The van der Waals surface area contributed by atoms with Crippen LogP contribution in [0.25, 0.3) is 0 Å². The minimum absolute atomic E-state index is 0.806. The van der Waals surface area contributed by atoms with Crippen LogP contribution in [0.1, 0.15) is 16.7 Å². The van der Waals surface area contributed by atoms with Gasteiger partial charge in [-0.3, -0.25) is 4.99 Å². The zero-order chi connectivity index (χ0) is 7.84. The van der Waals surface area contributed by atoms with Crippen LogP contribution in [-0.2, 0) is 6.54 Å². The normalized spacial score (nSPS) is 14.5. The Bertz CT molecular complexity index is 328. The van der Waals surface area contributed by atoms with Crippen LogP contribution in [-0.4, -0.2) is 5.04 Å². The van der Waals surface area contributed by atoms with Crippen LogP contribution in [0.4, 0.5) is 0 Å². The summed E-state index contributed by atoms with van der Waals surface area (Å²) in [6.07, 6.45) is 0. The van der Waals surface area contributed by atoms with Crippen molar-refractivity contribution in [2.75, 3.05) is 0 Å². The number of hydrogen-bond acceptors (Lipinski definition) is 1. The molecule has 0 aliphatic carbocycles. The number of rotatable bonds is 0. The van der Waals surface area contributed by atoms with Gasteiger partial charge in [0.2, 0.25) is 0 Å². The number of aryl methyl sites for hydroxylation is 1. The first-order valence-corrected chi connectivity index (χ1v) is 4.06. The molecule has 0 saturated carbocycles. The summed E-state index contributed by atoms with van der Waals surface area (Å²) in [6, 6.07) is 6.23. The molecule has 1 aromatic carbocycles. The number of nitrogens with zero attached hydrogens (tertiary/aromatic N) is 1. The van der Waals surface area contributed by atoms with Gasteiger partial charge in [0.25, 0.3) is 0 Å². The molecule has 0 amide bonds. The highest BCUT2D eigenvalue weighted by atomic mass is 32.1. The smallest absolute Gasteiger partial charge is 0.0954 e. The van der Waals surface area contributed by atoms with Crippen molar-refractivity contribution in [1.29, 1.82) is 0 Å². The van der Waals surface area contributed by atoms with E-state index in [2.05, 4.69) is 36.7 Å². The van der Waals surface area contributed by atoms with E-state index in [1.165, 1.54) is 16.7 Å². The maximum atomic E-state index is 4.27. The molecule has 0 unspecified atom stereocenters. The van der Waals surface area contributed by atoms with Crippen molar-refractivity contribution in [2.24, 2.45) is 4.99 Å². The zero-order valence-electron chi connectivity index (χ0n) is 6.33. The van der Waals surface area contributed by atoms with Crippen molar-refractivity contribution < 1.29 is 0 Å². The minimum Gasteiger partial charge on any atom is -0.273 e. The minimum atomic E-state index is 0.806. The lowest BCUT2D eigenvalue weighted by molar-refractivity contribution is 1.09. The summed E-state index contributed by atoms with van der Waals surface area (Å²) in [4.78, 5) is 4.25. The summed E-state index contributed by atoms with van der Waals surface area (Å²) in [5.41, 5.74) is 3.85. The van der Waals surface area contributed by atoms with E-state index in [1.54, 1.807) is 0 Å². The van der Waals surface area contributed by atoms with Crippen molar-refractivity contribution in [2.45, 2.75) is 13.5 Å². The van der Waals surface area contributed by atoms with Gasteiger partial charge in [-0.05, 0) is 18.1 Å². The largest absolute Gasteiger partial charge is 0.273 e. The third-order valence-corrected chi connectivity index (χ3v) is 2.42. The Balaban J connectivity index is 2.64. The summed E-state index contributed by atoms with van der Waals surface area (Å²) in [6.45, 7) is 2.92. The second kappa shape index (κ2) is 2.38. The van der Waals surface area contributed by atoms with Gasteiger partial charge in [-0.25, -0.2) is 0 Å². The van der Waals surface area contributed by atoms with E-state index in [0.717, 1.165) is 11.6 Å². The average Bonchev–Trinajstić information content (AvgIpc) is 2.35. The van der Waals surface area contributed by atoms with E-state index in [0.29, 0.717) is 0 Å². The van der Waals surface area contributed by atoms with E-state index in [1.807, 2.05) is 6.07 Å². The first kappa shape index (κ1) is 6.92. The van der Waals surface area contributed by atoms with Crippen molar-refractivity contribution in [3.8, 4) is 0 Å². The van der Waals surface area contributed by atoms with Gasteiger partial charge in [0.05, 0.1) is 11.6 Å². The van der Waals surface area contributed by atoms with E-state index in [9.17, 15) is 0 Å². The Morgan fingerprint density at radius 1 is 1.45 bits per heavy atom. The lowest BCUT2D eigenvalue weighted by Crippen LogP contribution is -1.90. The summed E-state index contributed by atoms with van der Waals surface area (Å²) >= 11 is 4.27. The molecule has 1 heterocycles. The van der Waals surface area contributed by atoms with Gasteiger partial charge >= 0.3 is 0 Å². The molecular weight excluding hydrogens is 154 g/mol. The fraction of sp³-hybridized carbons (Fsp3) is 0.222. The van der Waals surface area contributed by atoms with Crippen molar-refractivity contribution in [1.82, 2.24) is 0 Å². The van der Waals surface area contributed by atoms with Gasteiger partial charge in [0.1, 0.15) is 0 Å². The SMILES string of the molecule is Cc1cccc2c1CN=C2S. The molecule has 2 rings (SSSR count). The van der Waals surface area contributed by atoms with Gasteiger partial charge in [0, 0.05) is 5.56 Å². The van der Waals surface area contributed by atoms with Crippen molar-refractivity contribution >= 4 is 17.7 Å². The Kier molecular flexibility index (Phi) is 1.50. The molecule has 0 radical (unpaired) electrons. The molecular formula is C9H9NS. The number of aliphatic imine (C=N–C) groups is 1. The van der Waals surface area contributed by atoms with Gasteiger partial charge in [-0.2, -0.15) is 0 Å². The highest BCUT2D eigenvalue weighted by Gasteiger charge is 2.13. The van der Waals surface area contributed by atoms with Crippen LogP contribution >= 0.6 is 12.6 Å². The van der Waals surface area contributed by atoms with Gasteiger partial charge in [-0.15, -0.1) is 12.6 Å². The molecule has 0 atom stereocenters. The Hall–Kier alpha value is -0.760. The lowest BCUT2D eigenvalue weighted by atomic mass is 10.1. The maximum absolute atomic E-state index is 4.27. The molecule has 0 aromatic heterocycles. The van der Waals surface area contributed by atoms with Crippen LogP contribution in [0.2, 0.25) is 0 Å². The van der Waals surface area contributed by atoms with Crippen molar-refractivity contribution in [3.05, 3.63) is 34.9 Å². The molecule has 1 aliphatic heterocycles. The molecule has 2 heteroatoms. The second-order valence-corrected chi connectivity index (χ2v) is 3.16. The van der Waals surface area contributed by atoms with E-state index < -0.39 is 0 Å². The quantitative estimate of drug-likeness (QED) is 0.563. The van der Waals surface area contributed by atoms with E-state index in [-0.39, 0.29) is 0 Å². The molecule has 0 bridgehead atoms. The molecule has 56 valence electrons. The van der Waals surface area contributed by atoms with Gasteiger partial charge in [0.15, 0.2) is 0 Å². The summed E-state index contributed by atoms with van der Waals surface area (Å²) in [5.74, 6) is 0. The fourth-order valence-corrected chi connectivity index (χ4v) is 1.64. The summed E-state index contributed by atoms with van der Waals surface area (Å²) in [7, 11) is 0. The maximum Gasteiger partial charge on any atom is 0.0954 e. The van der Waals surface area contributed by atoms with E-state index >= 15 is 0 Å². The molecule has 1 nitrogen and oxygen atoms in total. The molecule has 0 fully saturated rings. The lowest BCUT2D eigenvalue weighted by Gasteiger charge is -2.00. The van der Waals surface area contributed by atoms with Crippen LogP contribution in [0.15, 0.2) is 23.2 Å². The predicted molar refractivity (Wildman–Crippen MR) is 50.4 cm³/mol.